The van der Waals surface area contributed by atoms with Crippen LogP contribution >= 0.6 is 12.4 Å². The fourth-order valence-electron chi connectivity index (χ4n) is 1.29. The summed E-state index contributed by atoms with van der Waals surface area (Å²) in [6.45, 7) is 8.66. The summed E-state index contributed by atoms with van der Waals surface area (Å²) in [5, 5.41) is 0. The Morgan fingerprint density at radius 1 is 1.21 bits per heavy atom. The molecular weight excluding hydrogens is 194 g/mol. The SMILES string of the molecule is C[C@@H](N)c1cccc(C(C)(C)C)c1.Cl. The van der Waals surface area contributed by atoms with Crippen LogP contribution in [0.3, 0.4) is 0 Å². The summed E-state index contributed by atoms with van der Waals surface area (Å²) in [6, 6.07) is 8.65. The minimum absolute atomic E-state index is 0. The molecular formula is C12H20ClN. The minimum atomic E-state index is 0. The van der Waals surface area contributed by atoms with Gasteiger partial charge >= 0.3 is 0 Å². The average Bonchev–Trinajstić information content (AvgIpc) is 2.03. The van der Waals surface area contributed by atoms with E-state index < -0.39 is 0 Å². The van der Waals surface area contributed by atoms with Gasteiger partial charge in [0.2, 0.25) is 0 Å². The van der Waals surface area contributed by atoms with Gasteiger partial charge in [0, 0.05) is 6.04 Å². The van der Waals surface area contributed by atoms with Crippen molar-refractivity contribution in [2.75, 3.05) is 0 Å². The van der Waals surface area contributed by atoms with Gasteiger partial charge in [0.1, 0.15) is 0 Å². The molecule has 14 heavy (non-hydrogen) atoms. The third kappa shape index (κ3) is 3.32. The third-order valence-corrected chi connectivity index (χ3v) is 2.28. The van der Waals surface area contributed by atoms with E-state index in [1.165, 1.54) is 11.1 Å². The number of benzene rings is 1. The molecule has 1 rings (SSSR count). The van der Waals surface area contributed by atoms with Crippen molar-refractivity contribution >= 4 is 12.4 Å². The maximum atomic E-state index is 5.83. The molecule has 1 aromatic rings. The van der Waals surface area contributed by atoms with Crippen molar-refractivity contribution in [2.24, 2.45) is 5.73 Å². The van der Waals surface area contributed by atoms with Gasteiger partial charge in [-0.05, 0) is 23.5 Å². The van der Waals surface area contributed by atoms with Crippen LogP contribution < -0.4 is 5.73 Å². The highest BCUT2D eigenvalue weighted by atomic mass is 35.5. The van der Waals surface area contributed by atoms with Crippen LogP contribution in [-0.4, -0.2) is 0 Å². The van der Waals surface area contributed by atoms with Crippen LogP contribution in [0.4, 0.5) is 0 Å². The number of rotatable bonds is 1. The van der Waals surface area contributed by atoms with Gasteiger partial charge in [-0.25, -0.2) is 0 Å². The Hall–Kier alpha value is -0.530. The molecule has 1 atom stereocenters. The van der Waals surface area contributed by atoms with Crippen LogP contribution in [0.25, 0.3) is 0 Å². The summed E-state index contributed by atoms with van der Waals surface area (Å²) in [6.07, 6.45) is 0. The standard InChI is InChI=1S/C12H19N.ClH/c1-9(13)10-6-5-7-11(8-10)12(2,3)4;/h5-9H,13H2,1-4H3;1H/t9-;/m1./s1. The van der Waals surface area contributed by atoms with Crippen LogP contribution in [0.5, 0.6) is 0 Å². The van der Waals surface area contributed by atoms with Crippen molar-refractivity contribution in [1.82, 2.24) is 0 Å². The molecule has 0 aromatic heterocycles. The van der Waals surface area contributed by atoms with E-state index >= 15 is 0 Å². The van der Waals surface area contributed by atoms with Crippen molar-refractivity contribution in [3.8, 4) is 0 Å². The van der Waals surface area contributed by atoms with E-state index in [0.717, 1.165) is 0 Å². The lowest BCUT2D eigenvalue weighted by Crippen LogP contribution is -2.13. The molecule has 0 saturated carbocycles. The summed E-state index contributed by atoms with van der Waals surface area (Å²) in [5.41, 5.74) is 8.60. The molecule has 0 bridgehead atoms. The molecule has 0 aliphatic rings. The Kier molecular flexibility index (Phi) is 4.63. The van der Waals surface area contributed by atoms with Gasteiger partial charge in [-0.2, -0.15) is 0 Å². The second-order valence-corrected chi connectivity index (χ2v) is 4.66. The second-order valence-electron chi connectivity index (χ2n) is 4.66. The van der Waals surface area contributed by atoms with Gasteiger partial charge in [-0.1, -0.05) is 45.0 Å². The maximum Gasteiger partial charge on any atom is 0.0266 e. The van der Waals surface area contributed by atoms with Gasteiger partial charge in [0.05, 0.1) is 0 Å². The van der Waals surface area contributed by atoms with E-state index in [9.17, 15) is 0 Å². The van der Waals surface area contributed by atoms with Gasteiger partial charge in [0.15, 0.2) is 0 Å². The van der Waals surface area contributed by atoms with Crippen LogP contribution in [0.1, 0.15) is 44.9 Å². The van der Waals surface area contributed by atoms with Crippen LogP contribution in [0, 0.1) is 0 Å². The first-order chi connectivity index (χ1) is 5.91. The molecule has 2 heteroatoms. The Bertz CT molecular complexity index is 287. The average molecular weight is 214 g/mol. The molecule has 0 aliphatic carbocycles. The zero-order valence-corrected chi connectivity index (χ0v) is 10.2. The molecule has 80 valence electrons. The largest absolute Gasteiger partial charge is 0.324 e. The Balaban J connectivity index is 0.00000169. The van der Waals surface area contributed by atoms with Crippen LogP contribution in [0.2, 0.25) is 0 Å². The van der Waals surface area contributed by atoms with E-state index in [2.05, 4.69) is 45.0 Å². The monoisotopic (exact) mass is 213 g/mol. The number of hydrogen-bond donors (Lipinski definition) is 1. The topological polar surface area (TPSA) is 26.0 Å². The number of halogens is 1. The lowest BCUT2D eigenvalue weighted by Gasteiger charge is -2.20. The molecule has 0 fully saturated rings. The van der Waals surface area contributed by atoms with E-state index in [4.69, 9.17) is 5.73 Å². The highest BCUT2D eigenvalue weighted by molar-refractivity contribution is 5.85. The first-order valence-corrected chi connectivity index (χ1v) is 4.77. The van der Waals surface area contributed by atoms with Crippen molar-refractivity contribution < 1.29 is 0 Å². The summed E-state index contributed by atoms with van der Waals surface area (Å²) in [7, 11) is 0. The predicted molar refractivity (Wildman–Crippen MR) is 65.0 cm³/mol. The first-order valence-electron chi connectivity index (χ1n) is 4.77. The van der Waals surface area contributed by atoms with Gasteiger partial charge in [-0.3, -0.25) is 0 Å². The molecule has 0 radical (unpaired) electrons. The normalized spacial score (nSPS) is 13.2. The summed E-state index contributed by atoms with van der Waals surface area (Å²) >= 11 is 0. The van der Waals surface area contributed by atoms with Crippen molar-refractivity contribution in [3.63, 3.8) is 0 Å². The lowest BCUT2D eigenvalue weighted by molar-refractivity contribution is 0.588. The molecule has 0 amide bonds. The highest BCUT2D eigenvalue weighted by Gasteiger charge is 2.13. The maximum absolute atomic E-state index is 5.83. The second kappa shape index (κ2) is 4.81. The van der Waals surface area contributed by atoms with E-state index in [0.29, 0.717) is 0 Å². The molecule has 0 heterocycles. The van der Waals surface area contributed by atoms with Crippen LogP contribution in [0.15, 0.2) is 24.3 Å². The van der Waals surface area contributed by atoms with E-state index in [1.54, 1.807) is 0 Å². The van der Waals surface area contributed by atoms with Crippen molar-refractivity contribution in [2.45, 2.75) is 39.2 Å². The number of nitrogens with two attached hydrogens (primary N) is 1. The molecule has 0 unspecified atom stereocenters. The van der Waals surface area contributed by atoms with Crippen molar-refractivity contribution in [1.29, 1.82) is 0 Å². The molecule has 0 aliphatic heterocycles. The smallest absolute Gasteiger partial charge is 0.0266 e. The van der Waals surface area contributed by atoms with E-state index in [-0.39, 0.29) is 23.9 Å². The molecule has 0 saturated heterocycles. The predicted octanol–water partition coefficient (Wildman–Crippen LogP) is 3.43. The van der Waals surface area contributed by atoms with Gasteiger partial charge in [-0.15, -0.1) is 12.4 Å². The first kappa shape index (κ1) is 13.5. The van der Waals surface area contributed by atoms with Crippen molar-refractivity contribution in [3.05, 3.63) is 35.4 Å². The molecule has 2 N–H and O–H groups in total. The highest BCUT2D eigenvalue weighted by Crippen LogP contribution is 2.24. The Morgan fingerprint density at radius 2 is 1.79 bits per heavy atom. The fourth-order valence-corrected chi connectivity index (χ4v) is 1.29. The molecule has 1 aromatic carbocycles. The molecule has 0 spiro atoms. The molecule has 1 nitrogen and oxygen atoms in total. The fraction of sp³-hybridized carbons (Fsp3) is 0.500. The third-order valence-electron chi connectivity index (χ3n) is 2.28. The summed E-state index contributed by atoms with van der Waals surface area (Å²) in [5.74, 6) is 0. The Labute approximate surface area is 93.1 Å². The zero-order valence-electron chi connectivity index (χ0n) is 9.37. The minimum Gasteiger partial charge on any atom is -0.324 e. The van der Waals surface area contributed by atoms with E-state index in [1.807, 2.05) is 6.92 Å². The van der Waals surface area contributed by atoms with Gasteiger partial charge < -0.3 is 5.73 Å². The number of hydrogen-bond acceptors (Lipinski definition) is 1. The Morgan fingerprint density at radius 3 is 2.21 bits per heavy atom. The lowest BCUT2D eigenvalue weighted by atomic mass is 9.85. The summed E-state index contributed by atoms with van der Waals surface area (Å²) in [4.78, 5) is 0. The van der Waals surface area contributed by atoms with Crippen LogP contribution in [-0.2, 0) is 5.41 Å². The zero-order chi connectivity index (χ0) is 10.1. The quantitative estimate of drug-likeness (QED) is 0.760. The van der Waals surface area contributed by atoms with Gasteiger partial charge in [0.25, 0.3) is 0 Å². The summed E-state index contributed by atoms with van der Waals surface area (Å²) < 4.78 is 0.